The highest BCUT2D eigenvalue weighted by molar-refractivity contribution is 7.09. The number of hydrogen-bond acceptors (Lipinski definition) is 2. The Bertz CT molecular complexity index is 390. The molecular formula is C19H33NS. The van der Waals surface area contributed by atoms with Crippen LogP contribution >= 0.6 is 11.3 Å². The second-order valence-electron chi connectivity index (χ2n) is 7.86. The lowest BCUT2D eigenvalue weighted by Crippen LogP contribution is -2.42. The summed E-state index contributed by atoms with van der Waals surface area (Å²) in [5.41, 5.74) is 0.250. The molecule has 0 spiro atoms. The number of thiophene rings is 1. The fourth-order valence-corrected chi connectivity index (χ4v) is 4.36. The van der Waals surface area contributed by atoms with E-state index < -0.39 is 0 Å². The first-order chi connectivity index (χ1) is 9.98. The number of nitrogens with one attached hydrogen (secondary N) is 1. The zero-order valence-electron chi connectivity index (χ0n) is 14.3. The first-order valence-electron chi connectivity index (χ1n) is 8.75. The minimum absolute atomic E-state index is 0.250. The van der Waals surface area contributed by atoms with Gasteiger partial charge in [0.05, 0.1) is 0 Å². The molecule has 0 aliphatic heterocycles. The highest BCUT2D eigenvalue weighted by Crippen LogP contribution is 2.38. The molecule has 0 bridgehead atoms. The van der Waals surface area contributed by atoms with Crippen molar-refractivity contribution in [1.82, 2.24) is 5.32 Å². The van der Waals surface area contributed by atoms with Gasteiger partial charge in [-0.15, -0.1) is 11.3 Å². The van der Waals surface area contributed by atoms with Gasteiger partial charge in [-0.05, 0) is 82.2 Å². The molecule has 21 heavy (non-hydrogen) atoms. The molecule has 2 heteroatoms. The maximum absolute atomic E-state index is 3.75. The molecule has 1 saturated carbocycles. The van der Waals surface area contributed by atoms with Gasteiger partial charge in [0.2, 0.25) is 0 Å². The molecule has 0 amide bonds. The van der Waals surface area contributed by atoms with Crippen LogP contribution in [-0.2, 0) is 6.42 Å². The van der Waals surface area contributed by atoms with E-state index in [1.165, 1.54) is 45.1 Å². The first-order valence-corrected chi connectivity index (χ1v) is 9.63. The molecule has 1 aromatic rings. The SMILES string of the molecule is CCC1CCC(CNC(C)(C)C)C(CCc2cccs2)C1. The average molecular weight is 308 g/mol. The van der Waals surface area contributed by atoms with Crippen molar-refractivity contribution in [2.75, 3.05) is 6.54 Å². The van der Waals surface area contributed by atoms with Crippen molar-refractivity contribution in [3.8, 4) is 0 Å². The van der Waals surface area contributed by atoms with Crippen molar-refractivity contribution in [2.45, 2.75) is 71.8 Å². The average Bonchev–Trinajstić information content (AvgIpc) is 2.95. The molecule has 1 N–H and O–H groups in total. The van der Waals surface area contributed by atoms with Crippen LogP contribution < -0.4 is 5.32 Å². The molecule has 1 aliphatic carbocycles. The lowest BCUT2D eigenvalue weighted by atomic mass is 9.71. The summed E-state index contributed by atoms with van der Waals surface area (Å²) >= 11 is 1.92. The lowest BCUT2D eigenvalue weighted by molar-refractivity contribution is 0.155. The van der Waals surface area contributed by atoms with Gasteiger partial charge < -0.3 is 5.32 Å². The zero-order chi connectivity index (χ0) is 15.3. The quantitative estimate of drug-likeness (QED) is 0.730. The summed E-state index contributed by atoms with van der Waals surface area (Å²) < 4.78 is 0. The number of rotatable bonds is 6. The van der Waals surface area contributed by atoms with Crippen molar-refractivity contribution in [2.24, 2.45) is 17.8 Å². The van der Waals surface area contributed by atoms with Gasteiger partial charge in [0, 0.05) is 10.4 Å². The third-order valence-electron chi connectivity index (χ3n) is 5.06. The Morgan fingerprint density at radius 2 is 2.05 bits per heavy atom. The summed E-state index contributed by atoms with van der Waals surface area (Å²) in [6.07, 6.45) is 8.37. The Balaban J connectivity index is 1.89. The van der Waals surface area contributed by atoms with Crippen LogP contribution in [0, 0.1) is 17.8 Å². The van der Waals surface area contributed by atoms with Crippen molar-refractivity contribution in [1.29, 1.82) is 0 Å². The van der Waals surface area contributed by atoms with Crippen LogP contribution in [0.5, 0.6) is 0 Å². The van der Waals surface area contributed by atoms with Crippen LogP contribution in [-0.4, -0.2) is 12.1 Å². The van der Waals surface area contributed by atoms with Crippen LogP contribution in [0.4, 0.5) is 0 Å². The minimum atomic E-state index is 0.250. The molecule has 0 saturated heterocycles. The third kappa shape index (κ3) is 5.75. The van der Waals surface area contributed by atoms with Gasteiger partial charge in [-0.3, -0.25) is 0 Å². The summed E-state index contributed by atoms with van der Waals surface area (Å²) in [5.74, 6) is 2.77. The topological polar surface area (TPSA) is 12.0 Å². The molecule has 0 aromatic carbocycles. The molecule has 2 rings (SSSR count). The van der Waals surface area contributed by atoms with E-state index in [0.29, 0.717) is 0 Å². The summed E-state index contributed by atoms with van der Waals surface area (Å²) in [7, 11) is 0. The van der Waals surface area contributed by atoms with Crippen LogP contribution in [0.2, 0.25) is 0 Å². The van der Waals surface area contributed by atoms with E-state index in [1.807, 2.05) is 11.3 Å². The van der Waals surface area contributed by atoms with E-state index in [9.17, 15) is 0 Å². The standard InChI is InChI=1S/C19H33NS/c1-5-15-8-9-17(14-20-19(2,3)4)16(13-15)10-11-18-7-6-12-21-18/h6-7,12,15-17,20H,5,8-11,13-14H2,1-4H3. The normalized spacial score (nSPS) is 27.0. The van der Waals surface area contributed by atoms with E-state index in [0.717, 1.165) is 17.8 Å². The Morgan fingerprint density at radius 1 is 1.24 bits per heavy atom. The molecule has 0 radical (unpaired) electrons. The van der Waals surface area contributed by atoms with Gasteiger partial charge in [-0.25, -0.2) is 0 Å². The largest absolute Gasteiger partial charge is 0.312 e. The van der Waals surface area contributed by atoms with Crippen LogP contribution in [0.25, 0.3) is 0 Å². The third-order valence-corrected chi connectivity index (χ3v) is 6.00. The zero-order valence-corrected chi connectivity index (χ0v) is 15.1. The Kier molecular flexibility index (Phi) is 6.31. The van der Waals surface area contributed by atoms with Gasteiger partial charge >= 0.3 is 0 Å². The number of aryl methyl sites for hydroxylation is 1. The molecule has 1 heterocycles. The smallest absolute Gasteiger partial charge is 0.00966 e. The number of hydrogen-bond donors (Lipinski definition) is 1. The Labute approximate surface area is 135 Å². The minimum Gasteiger partial charge on any atom is -0.312 e. The summed E-state index contributed by atoms with van der Waals surface area (Å²) in [4.78, 5) is 1.57. The maximum atomic E-state index is 3.75. The van der Waals surface area contributed by atoms with Crippen LogP contribution in [0.1, 0.15) is 64.7 Å². The summed E-state index contributed by atoms with van der Waals surface area (Å²) in [6.45, 7) is 10.4. The fraction of sp³-hybridized carbons (Fsp3) is 0.789. The summed E-state index contributed by atoms with van der Waals surface area (Å²) in [5, 5.41) is 5.96. The van der Waals surface area contributed by atoms with Crippen molar-refractivity contribution >= 4 is 11.3 Å². The fourth-order valence-electron chi connectivity index (χ4n) is 3.64. The van der Waals surface area contributed by atoms with E-state index >= 15 is 0 Å². The van der Waals surface area contributed by atoms with Crippen LogP contribution in [0.15, 0.2) is 17.5 Å². The molecular weight excluding hydrogens is 274 g/mol. The highest BCUT2D eigenvalue weighted by atomic mass is 32.1. The van der Waals surface area contributed by atoms with Crippen molar-refractivity contribution < 1.29 is 0 Å². The van der Waals surface area contributed by atoms with Gasteiger partial charge in [-0.2, -0.15) is 0 Å². The Hall–Kier alpha value is -0.340. The van der Waals surface area contributed by atoms with Gasteiger partial charge in [0.1, 0.15) is 0 Å². The second kappa shape index (κ2) is 7.78. The van der Waals surface area contributed by atoms with Gasteiger partial charge in [0.15, 0.2) is 0 Å². The molecule has 120 valence electrons. The lowest BCUT2D eigenvalue weighted by Gasteiger charge is -2.38. The monoisotopic (exact) mass is 307 g/mol. The van der Waals surface area contributed by atoms with Crippen molar-refractivity contribution in [3.63, 3.8) is 0 Å². The predicted octanol–water partition coefficient (Wildman–Crippen LogP) is 5.51. The molecule has 3 unspecified atom stereocenters. The molecule has 1 fully saturated rings. The van der Waals surface area contributed by atoms with Crippen molar-refractivity contribution in [3.05, 3.63) is 22.4 Å². The summed E-state index contributed by atoms with van der Waals surface area (Å²) in [6, 6.07) is 4.49. The van der Waals surface area contributed by atoms with E-state index in [-0.39, 0.29) is 5.54 Å². The van der Waals surface area contributed by atoms with E-state index in [1.54, 1.807) is 4.88 Å². The van der Waals surface area contributed by atoms with E-state index in [4.69, 9.17) is 0 Å². The molecule has 1 aliphatic rings. The van der Waals surface area contributed by atoms with E-state index in [2.05, 4.69) is 50.5 Å². The molecule has 1 nitrogen and oxygen atoms in total. The molecule has 3 atom stereocenters. The predicted molar refractivity (Wildman–Crippen MR) is 95.0 cm³/mol. The maximum Gasteiger partial charge on any atom is 0.00966 e. The van der Waals surface area contributed by atoms with Gasteiger partial charge in [-0.1, -0.05) is 25.8 Å². The van der Waals surface area contributed by atoms with Crippen LogP contribution in [0.3, 0.4) is 0 Å². The van der Waals surface area contributed by atoms with Gasteiger partial charge in [0.25, 0.3) is 0 Å². The second-order valence-corrected chi connectivity index (χ2v) is 8.89. The first kappa shape index (κ1) is 17.0. The Morgan fingerprint density at radius 3 is 2.67 bits per heavy atom. The highest BCUT2D eigenvalue weighted by Gasteiger charge is 2.30. The molecule has 1 aromatic heterocycles.